The first-order chi connectivity index (χ1) is 15.9. The van der Waals surface area contributed by atoms with Gasteiger partial charge in [0.2, 0.25) is 0 Å². The second kappa shape index (κ2) is 9.36. The number of nitrogens with zero attached hydrogens (tertiary/aromatic N) is 1. The van der Waals surface area contributed by atoms with Crippen molar-refractivity contribution in [1.29, 1.82) is 0 Å². The van der Waals surface area contributed by atoms with E-state index in [-0.39, 0.29) is 24.3 Å². The maximum absolute atomic E-state index is 13.3. The van der Waals surface area contributed by atoms with E-state index in [0.29, 0.717) is 23.4 Å². The number of ether oxygens (including phenoxy) is 1. The molecule has 1 atom stereocenters. The number of carbonyl (C=O) groups is 2. The number of nitrogens with one attached hydrogen (secondary N) is 1. The zero-order valence-electron chi connectivity index (χ0n) is 19.0. The molecule has 6 nitrogen and oxygen atoms in total. The van der Waals surface area contributed by atoms with Crippen molar-refractivity contribution in [2.24, 2.45) is 5.92 Å². The predicted octanol–water partition coefficient (Wildman–Crippen LogP) is 5.29. The van der Waals surface area contributed by atoms with Crippen molar-refractivity contribution in [2.75, 3.05) is 6.61 Å². The quantitative estimate of drug-likeness (QED) is 0.507. The molecule has 1 heterocycles. The molecule has 6 heteroatoms. The van der Waals surface area contributed by atoms with Crippen LogP contribution in [0.25, 0.3) is 10.8 Å². The van der Waals surface area contributed by atoms with Crippen molar-refractivity contribution in [1.82, 2.24) is 10.2 Å². The number of urea groups is 1. The van der Waals surface area contributed by atoms with Crippen LogP contribution in [0.1, 0.15) is 37.9 Å². The Morgan fingerprint density at radius 1 is 1.06 bits per heavy atom. The molecule has 0 aliphatic carbocycles. The topological polar surface area (TPSA) is 78.9 Å². The van der Waals surface area contributed by atoms with Gasteiger partial charge >= 0.3 is 12.0 Å². The third kappa shape index (κ3) is 4.55. The van der Waals surface area contributed by atoms with Crippen LogP contribution >= 0.6 is 0 Å². The first kappa shape index (κ1) is 22.4. The van der Waals surface area contributed by atoms with E-state index >= 15 is 0 Å². The molecule has 1 unspecified atom stereocenters. The van der Waals surface area contributed by atoms with Crippen molar-refractivity contribution in [2.45, 2.75) is 33.4 Å². The standard InChI is InChI=1S/C27H28N2O4/c1-17(2)16-33-26(31)23-18(3)29(15-19-9-5-4-6-10-19)27(32)28-25(23)24-21-12-8-7-11-20(21)13-14-22(24)30/h4-14,17,25,30H,15-16H2,1-3H3,(H,28,32). The summed E-state index contributed by atoms with van der Waals surface area (Å²) in [6.45, 7) is 6.26. The second-order valence-electron chi connectivity index (χ2n) is 8.67. The number of allylic oxidation sites excluding steroid dienone is 1. The maximum atomic E-state index is 13.3. The molecule has 0 radical (unpaired) electrons. The van der Waals surface area contributed by atoms with E-state index in [1.165, 1.54) is 0 Å². The summed E-state index contributed by atoms with van der Waals surface area (Å²) in [4.78, 5) is 28.1. The summed E-state index contributed by atoms with van der Waals surface area (Å²) in [5.74, 6) is -0.327. The maximum Gasteiger partial charge on any atom is 0.338 e. The molecule has 0 bridgehead atoms. The van der Waals surface area contributed by atoms with Crippen molar-refractivity contribution >= 4 is 22.8 Å². The third-order valence-corrected chi connectivity index (χ3v) is 5.78. The Morgan fingerprint density at radius 3 is 2.48 bits per heavy atom. The van der Waals surface area contributed by atoms with Gasteiger partial charge in [-0.15, -0.1) is 0 Å². The van der Waals surface area contributed by atoms with Crippen LogP contribution in [0.4, 0.5) is 4.79 Å². The third-order valence-electron chi connectivity index (χ3n) is 5.78. The van der Waals surface area contributed by atoms with Crippen LogP contribution in [0.3, 0.4) is 0 Å². The molecule has 0 aromatic heterocycles. The van der Waals surface area contributed by atoms with Crippen LogP contribution in [-0.2, 0) is 16.1 Å². The first-order valence-corrected chi connectivity index (χ1v) is 11.1. The van der Waals surface area contributed by atoms with E-state index in [1.54, 1.807) is 17.9 Å². The molecule has 33 heavy (non-hydrogen) atoms. The number of rotatable bonds is 6. The molecule has 1 aliphatic rings. The molecule has 3 aromatic carbocycles. The molecule has 2 amide bonds. The largest absolute Gasteiger partial charge is 0.508 e. The summed E-state index contributed by atoms with van der Waals surface area (Å²) in [6.07, 6.45) is 0. The van der Waals surface area contributed by atoms with Gasteiger partial charge in [-0.05, 0) is 35.2 Å². The fraction of sp³-hybridized carbons (Fsp3) is 0.259. The van der Waals surface area contributed by atoms with Gasteiger partial charge in [0, 0.05) is 11.3 Å². The summed E-state index contributed by atoms with van der Waals surface area (Å²) in [6, 6.07) is 19.4. The van der Waals surface area contributed by atoms with Gasteiger partial charge < -0.3 is 15.2 Å². The highest BCUT2D eigenvalue weighted by Gasteiger charge is 2.38. The monoisotopic (exact) mass is 444 g/mol. The van der Waals surface area contributed by atoms with E-state index in [4.69, 9.17) is 4.74 Å². The van der Waals surface area contributed by atoms with E-state index < -0.39 is 12.0 Å². The molecule has 3 aromatic rings. The normalized spacial score (nSPS) is 16.3. The minimum atomic E-state index is -0.838. The van der Waals surface area contributed by atoms with Gasteiger partial charge in [0.25, 0.3) is 0 Å². The number of hydrogen-bond donors (Lipinski definition) is 2. The lowest BCUT2D eigenvalue weighted by Gasteiger charge is -2.36. The molecule has 0 fully saturated rings. The highest BCUT2D eigenvalue weighted by molar-refractivity contribution is 5.98. The average molecular weight is 445 g/mol. The van der Waals surface area contributed by atoms with Gasteiger partial charge in [-0.2, -0.15) is 0 Å². The lowest BCUT2D eigenvalue weighted by Crippen LogP contribution is -2.47. The number of hydrogen-bond acceptors (Lipinski definition) is 4. The number of phenols is 1. The van der Waals surface area contributed by atoms with Crippen LogP contribution in [0, 0.1) is 5.92 Å². The number of aromatic hydroxyl groups is 1. The Labute approximate surface area is 193 Å². The SMILES string of the molecule is CC1=C(C(=O)OCC(C)C)C(c2c(O)ccc3ccccc23)NC(=O)N1Cc1ccccc1. The number of esters is 1. The Hall–Kier alpha value is -3.80. The zero-order valence-corrected chi connectivity index (χ0v) is 19.0. The van der Waals surface area contributed by atoms with E-state index in [1.807, 2.05) is 74.5 Å². The van der Waals surface area contributed by atoms with Gasteiger partial charge in [-0.1, -0.05) is 74.5 Å². The van der Waals surface area contributed by atoms with E-state index in [0.717, 1.165) is 16.3 Å². The minimum Gasteiger partial charge on any atom is -0.508 e. The van der Waals surface area contributed by atoms with E-state index in [9.17, 15) is 14.7 Å². The van der Waals surface area contributed by atoms with Gasteiger partial charge in [0.1, 0.15) is 5.75 Å². The summed E-state index contributed by atoms with van der Waals surface area (Å²) in [5, 5.41) is 15.4. The number of benzene rings is 3. The molecule has 0 saturated carbocycles. The molecular formula is C27H28N2O4. The average Bonchev–Trinajstić information content (AvgIpc) is 2.80. The second-order valence-corrected chi connectivity index (χ2v) is 8.67. The smallest absolute Gasteiger partial charge is 0.338 e. The van der Waals surface area contributed by atoms with E-state index in [2.05, 4.69) is 5.32 Å². The Morgan fingerprint density at radius 2 is 1.76 bits per heavy atom. The van der Waals surface area contributed by atoms with Crippen molar-refractivity contribution in [3.05, 3.63) is 89.1 Å². The first-order valence-electron chi connectivity index (χ1n) is 11.1. The highest BCUT2D eigenvalue weighted by Crippen LogP contribution is 2.40. The number of phenolic OH excluding ortho intramolecular Hbond substituents is 1. The van der Waals surface area contributed by atoms with Crippen LogP contribution < -0.4 is 5.32 Å². The highest BCUT2D eigenvalue weighted by atomic mass is 16.5. The van der Waals surface area contributed by atoms with Crippen LogP contribution in [-0.4, -0.2) is 28.6 Å². The molecule has 2 N–H and O–H groups in total. The van der Waals surface area contributed by atoms with Gasteiger partial charge in [-0.25, -0.2) is 9.59 Å². The number of fused-ring (bicyclic) bond motifs is 1. The fourth-order valence-electron chi connectivity index (χ4n) is 4.13. The van der Waals surface area contributed by atoms with Crippen molar-refractivity contribution in [3.8, 4) is 5.75 Å². The summed E-state index contributed by atoms with van der Waals surface area (Å²) in [5.41, 5.74) is 2.25. The van der Waals surface area contributed by atoms with Crippen LogP contribution in [0.5, 0.6) is 5.75 Å². The van der Waals surface area contributed by atoms with Crippen molar-refractivity contribution in [3.63, 3.8) is 0 Å². The zero-order chi connectivity index (χ0) is 23.5. The number of carbonyl (C=O) groups excluding carboxylic acids is 2. The molecule has 0 saturated heterocycles. The van der Waals surface area contributed by atoms with Crippen LogP contribution in [0.15, 0.2) is 78.0 Å². The summed E-state index contributed by atoms with van der Waals surface area (Å²) in [7, 11) is 0. The minimum absolute atomic E-state index is 0.0115. The summed E-state index contributed by atoms with van der Waals surface area (Å²) >= 11 is 0. The Kier molecular flexibility index (Phi) is 6.36. The van der Waals surface area contributed by atoms with Gasteiger partial charge in [-0.3, -0.25) is 4.90 Å². The predicted molar refractivity (Wildman–Crippen MR) is 127 cm³/mol. The lowest BCUT2D eigenvalue weighted by molar-refractivity contribution is -0.140. The Balaban J connectivity index is 1.84. The van der Waals surface area contributed by atoms with Crippen molar-refractivity contribution < 1.29 is 19.4 Å². The molecular weight excluding hydrogens is 416 g/mol. The molecule has 170 valence electrons. The lowest BCUT2D eigenvalue weighted by atomic mass is 9.90. The number of amides is 2. The fourth-order valence-corrected chi connectivity index (χ4v) is 4.13. The van der Waals surface area contributed by atoms with Crippen LogP contribution in [0.2, 0.25) is 0 Å². The molecule has 0 spiro atoms. The molecule has 1 aliphatic heterocycles. The van der Waals surface area contributed by atoms with Gasteiger partial charge in [0.05, 0.1) is 24.8 Å². The molecule has 4 rings (SSSR count). The van der Waals surface area contributed by atoms with Gasteiger partial charge in [0.15, 0.2) is 0 Å². The summed E-state index contributed by atoms with van der Waals surface area (Å²) < 4.78 is 5.59. The Bertz CT molecular complexity index is 1220.